The molecule has 0 saturated heterocycles. The molecule has 0 fully saturated rings. The van der Waals surface area contributed by atoms with Gasteiger partial charge in [0.15, 0.2) is 0 Å². The fraction of sp³-hybridized carbons (Fsp3) is 0.467. The molecule has 1 amide bonds. The number of carbonyl (C=O) groups excluding carboxylic acids is 1. The molecule has 1 N–H and O–H groups in total. The highest BCUT2D eigenvalue weighted by Gasteiger charge is 2.20. The number of hydrogen-bond donors (Lipinski definition) is 1. The molecule has 0 aromatic carbocycles. The Kier molecular flexibility index (Phi) is 3.88. The molecule has 0 bridgehead atoms. The van der Waals surface area contributed by atoms with Crippen molar-refractivity contribution in [1.29, 1.82) is 0 Å². The lowest BCUT2D eigenvalue weighted by Crippen LogP contribution is -2.35. The minimum Gasteiger partial charge on any atom is -0.356 e. The summed E-state index contributed by atoms with van der Waals surface area (Å²) in [6.45, 7) is 7.33. The molecule has 0 radical (unpaired) electrons. The summed E-state index contributed by atoms with van der Waals surface area (Å²) in [7, 11) is 0. The number of hydrogen-bond acceptors (Lipinski definition) is 2. The van der Waals surface area contributed by atoms with Crippen molar-refractivity contribution in [2.45, 2.75) is 33.7 Å². The van der Waals surface area contributed by atoms with Crippen LogP contribution < -0.4 is 5.32 Å². The quantitative estimate of drug-likeness (QED) is 0.858. The van der Waals surface area contributed by atoms with Crippen molar-refractivity contribution < 1.29 is 4.79 Å². The van der Waals surface area contributed by atoms with E-state index in [-0.39, 0.29) is 11.3 Å². The molecule has 19 heavy (non-hydrogen) atoms. The highest BCUT2D eigenvalue weighted by Crippen LogP contribution is 2.13. The Balaban J connectivity index is 1.85. The second kappa shape index (κ2) is 5.43. The van der Waals surface area contributed by atoms with E-state index in [0.717, 1.165) is 24.0 Å². The molecular weight excluding hydrogens is 238 g/mol. The van der Waals surface area contributed by atoms with Crippen LogP contribution >= 0.6 is 0 Å². The number of carbonyl (C=O) groups is 1. The van der Waals surface area contributed by atoms with Gasteiger partial charge in [0.1, 0.15) is 5.65 Å². The molecule has 2 rings (SSSR count). The maximum absolute atomic E-state index is 11.7. The monoisotopic (exact) mass is 259 g/mol. The highest BCUT2D eigenvalue weighted by atomic mass is 16.2. The topological polar surface area (TPSA) is 46.9 Å². The lowest BCUT2D eigenvalue weighted by atomic mass is 9.96. The number of aryl methyl sites for hydroxylation is 1. The van der Waals surface area contributed by atoms with Crippen molar-refractivity contribution >= 4 is 16.9 Å². The Labute approximate surface area is 113 Å². The fourth-order valence-electron chi connectivity index (χ4n) is 1.92. The smallest absolute Gasteiger partial charge is 0.225 e. The van der Waals surface area contributed by atoms with Gasteiger partial charge < -0.3 is 9.88 Å². The van der Waals surface area contributed by atoms with E-state index in [1.807, 2.05) is 33.0 Å². The Morgan fingerprint density at radius 3 is 2.89 bits per heavy atom. The largest absolute Gasteiger partial charge is 0.356 e. The van der Waals surface area contributed by atoms with Crippen LogP contribution in [0.15, 0.2) is 30.6 Å². The third-order valence-corrected chi connectivity index (χ3v) is 3.07. The van der Waals surface area contributed by atoms with Crippen molar-refractivity contribution in [3.8, 4) is 0 Å². The summed E-state index contributed by atoms with van der Waals surface area (Å²) >= 11 is 0. The first-order chi connectivity index (χ1) is 8.98. The fourth-order valence-corrected chi connectivity index (χ4v) is 1.92. The van der Waals surface area contributed by atoms with Gasteiger partial charge in [0, 0.05) is 36.3 Å². The van der Waals surface area contributed by atoms with Crippen LogP contribution in [-0.2, 0) is 11.3 Å². The average molecular weight is 259 g/mol. The number of fused-ring (bicyclic) bond motifs is 1. The number of pyridine rings is 1. The van der Waals surface area contributed by atoms with E-state index in [0.29, 0.717) is 6.54 Å². The number of rotatable bonds is 4. The molecule has 2 aromatic rings. The molecule has 0 spiro atoms. The standard InChI is InChI=1S/C15H21N3O/c1-15(2,3)14(19)17-9-5-10-18-11-7-12-6-4-8-16-13(12)18/h4,6-8,11H,5,9-10H2,1-3H3,(H,17,19). The zero-order valence-electron chi connectivity index (χ0n) is 11.8. The lowest BCUT2D eigenvalue weighted by Gasteiger charge is -2.17. The maximum Gasteiger partial charge on any atom is 0.225 e. The molecule has 2 heterocycles. The van der Waals surface area contributed by atoms with Crippen LogP contribution in [-0.4, -0.2) is 22.0 Å². The van der Waals surface area contributed by atoms with E-state index in [1.165, 1.54) is 0 Å². The Hall–Kier alpha value is -1.84. The van der Waals surface area contributed by atoms with Crippen LogP contribution in [0.2, 0.25) is 0 Å². The first-order valence-electron chi connectivity index (χ1n) is 6.66. The first-order valence-corrected chi connectivity index (χ1v) is 6.66. The van der Waals surface area contributed by atoms with E-state index in [1.54, 1.807) is 6.20 Å². The second-order valence-electron chi connectivity index (χ2n) is 5.78. The summed E-state index contributed by atoms with van der Waals surface area (Å²) in [6, 6.07) is 6.06. The van der Waals surface area contributed by atoms with E-state index in [2.05, 4.69) is 27.0 Å². The molecule has 0 aliphatic carbocycles. The number of nitrogens with one attached hydrogen (secondary N) is 1. The first kappa shape index (κ1) is 13.6. The van der Waals surface area contributed by atoms with Crippen LogP contribution in [0.5, 0.6) is 0 Å². The van der Waals surface area contributed by atoms with Gasteiger partial charge in [0.25, 0.3) is 0 Å². The van der Waals surface area contributed by atoms with E-state index < -0.39 is 0 Å². The van der Waals surface area contributed by atoms with Gasteiger partial charge in [0.05, 0.1) is 0 Å². The summed E-state index contributed by atoms with van der Waals surface area (Å²) in [5.41, 5.74) is 0.687. The summed E-state index contributed by atoms with van der Waals surface area (Å²) < 4.78 is 2.12. The third kappa shape index (κ3) is 3.34. The van der Waals surface area contributed by atoms with Gasteiger partial charge in [-0.25, -0.2) is 4.98 Å². The van der Waals surface area contributed by atoms with Crippen molar-refractivity contribution in [3.05, 3.63) is 30.6 Å². The van der Waals surface area contributed by atoms with Crippen molar-refractivity contribution in [1.82, 2.24) is 14.9 Å². The minimum atomic E-state index is -0.318. The van der Waals surface area contributed by atoms with Gasteiger partial charge in [-0.05, 0) is 24.6 Å². The number of amides is 1. The molecule has 0 unspecified atom stereocenters. The van der Waals surface area contributed by atoms with Crippen molar-refractivity contribution in [3.63, 3.8) is 0 Å². The van der Waals surface area contributed by atoms with Crippen molar-refractivity contribution in [2.75, 3.05) is 6.54 Å². The third-order valence-electron chi connectivity index (χ3n) is 3.07. The van der Waals surface area contributed by atoms with E-state index >= 15 is 0 Å². The summed E-state index contributed by atoms with van der Waals surface area (Å²) in [5.74, 6) is 0.1000. The molecule has 0 saturated carbocycles. The van der Waals surface area contributed by atoms with Gasteiger partial charge in [-0.2, -0.15) is 0 Å². The summed E-state index contributed by atoms with van der Waals surface area (Å²) in [5, 5.41) is 4.11. The SMILES string of the molecule is CC(C)(C)C(=O)NCCCn1ccc2cccnc21. The lowest BCUT2D eigenvalue weighted by molar-refractivity contribution is -0.128. The van der Waals surface area contributed by atoms with E-state index in [9.17, 15) is 4.79 Å². The van der Waals surface area contributed by atoms with E-state index in [4.69, 9.17) is 0 Å². The van der Waals surface area contributed by atoms with Gasteiger partial charge in [-0.15, -0.1) is 0 Å². The van der Waals surface area contributed by atoms with Gasteiger partial charge in [-0.3, -0.25) is 4.79 Å². The van der Waals surface area contributed by atoms with Crippen LogP contribution in [0.25, 0.3) is 11.0 Å². The minimum absolute atomic E-state index is 0.1000. The van der Waals surface area contributed by atoms with Gasteiger partial charge in [0.2, 0.25) is 5.91 Å². The number of aromatic nitrogens is 2. The zero-order chi connectivity index (χ0) is 13.9. The summed E-state index contributed by atoms with van der Waals surface area (Å²) in [6.07, 6.45) is 4.76. The van der Waals surface area contributed by atoms with Crippen LogP contribution in [0.1, 0.15) is 27.2 Å². The second-order valence-corrected chi connectivity index (χ2v) is 5.78. The van der Waals surface area contributed by atoms with Crippen LogP contribution in [0.4, 0.5) is 0 Å². The normalized spacial score (nSPS) is 11.7. The predicted octanol–water partition coefficient (Wildman–Crippen LogP) is 2.59. The molecule has 4 nitrogen and oxygen atoms in total. The molecule has 2 aromatic heterocycles. The van der Waals surface area contributed by atoms with Crippen LogP contribution in [0.3, 0.4) is 0 Å². The predicted molar refractivity (Wildman–Crippen MR) is 76.8 cm³/mol. The molecular formula is C15H21N3O. The van der Waals surface area contributed by atoms with Gasteiger partial charge >= 0.3 is 0 Å². The Morgan fingerprint density at radius 2 is 2.16 bits per heavy atom. The highest BCUT2D eigenvalue weighted by molar-refractivity contribution is 5.81. The molecule has 0 aliphatic rings. The Bertz CT molecular complexity index is 566. The maximum atomic E-state index is 11.7. The summed E-state index contributed by atoms with van der Waals surface area (Å²) in [4.78, 5) is 16.1. The molecule has 102 valence electrons. The molecule has 0 aliphatic heterocycles. The average Bonchev–Trinajstić information content (AvgIpc) is 2.76. The molecule has 0 atom stereocenters. The van der Waals surface area contributed by atoms with Crippen molar-refractivity contribution in [2.24, 2.45) is 5.41 Å². The van der Waals surface area contributed by atoms with Gasteiger partial charge in [-0.1, -0.05) is 20.8 Å². The zero-order valence-corrected chi connectivity index (χ0v) is 11.8. The molecule has 4 heteroatoms. The van der Waals surface area contributed by atoms with Crippen LogP contribution in [0, 0.1) is 5.41 Å². The number of nitrogens with zero attached hydrogens (tertiary/aromatic N) is 2. The Morgan fingerprint density at radius 1 is 1.37 bits per heavy atom.